The minimum absolute atomic E-state index is 0.0360. The van der Waals surface area contributed by atoms with E-state index in [1.54, 1.807) is 6.07 Å². The van der Waals surface area contributed by atoms with Crippen molar-refractivity contribution in [2.45, 2.75) is 26.4 Å². The summed E-state index contributed by atoms with van der Waals surface area (Å²) in [7, 11) is 1.37. The molecule has 0 saturated carbocycles. The van der Waals surface area contributed by atoms with Gasteiger partial charge in [-0.25, -0.2) is 0 Å². The first-order valence-corrected chi connectivity index (χ1v) is 8.82. The van der Waals surface area contributed by atoms with Gasteiger partial charge in [-0.3, -0.25) is 19.7 Å². The second kappa shape index (κ2) is 10.1. The molecular weight excluding hydrogens is 380 g/mol. The number of nitrogens with one attached hydrogen (secondary N) is 1. The Bertz CT molecular complexity index is 898. The van der Waals surface area contributed by atoms with E-state index < -0.39 is 22.9 Å². The van der Waals surface area contributed by atoms with Gasteiger partial charge in [-0.15, -0.1) is 0 Å². The van der Waals surface area contributed by atoms with Crippen molar-refractivity contribution in [2.24, 2.45) is 0 Å². The molecule has 0 radical (unpaired) electrons. The summed E-state index contributed by atoms with van der Waals surface area (Å²) in [4.78, 5) is 34.5. The lowest BCUT2D eigenvalue weighted by molar-refractivity contribution is -0.384. The van der Waals surface area contributed by atoms with E-state index in [1.807, 2.05) is 25.1 Å². The normalized spacial score (nSPS) is 11.3. The molecule has 154 valence electrons. The van der Waals surface area contributed by atoms with Crippen molar-refractivity contribution >= 4 is 23.3 Å². The number of methoxy groups -OCH3 is 1. The van der Waals surface area contributed by atoms with Crippen LogP contribution in [0.3, 0.4) is 0 Å². The largest absolute Gasteiger partial charge is 0.495 e. The van der Waals surface area contributed by atoms with Crippen LogP contribution in [-0.4, -0.2) is 36.6 Å². The highest BCUT2D eigenvalue weighted by Gasteiger charge is 2.20. The third-order valence-corrected chi connectivity index (χ3v) is 3.89. The van der Waals surface area contributed by atoms with Crippen LogP contribution in [0.25, 0.3) is 0 Å². The Kier molecular flexibility index (Phi) is 7.53. The van der Waals surface area contributed by atoms with E-state index in [2.05, 4.69) is 5.32 Å². The van der Waals surface area contributed by atoms with Gasteiger partial charge in [0.1, 0.15) is 11.5 Å². The summed E-state index contributed by atoms with van der Waals surface area (Å²) < 4.78 is 15.7. The third kappa shape index (κ3) is 6.49. The molecule has 9 heteroatoms. The Morgan fingerprint density at radius 1 is 1.21 bits per heavy atom. The van der Waals surface area contributed by atoms with Gasteiger partial charge in [0, 0.05) is 12.1 Å². The van der Waals surface area contributed by atoms with Crippen molar-refractivity contribution in [3.8, 4) is 11.5 Å². The highest BCUT2D eigenvalue weighted by atomic mass is 16.6. The number of rotatable bonds is 9. The molecule has 2 aromatic rings. The lowest BCUT2D eigenvalue weighted by Crippen LogP contribution is -2.30. The van der Waals surface area contributed by atoms with Crippen LogP contribution >= 0.6 is 0 Å². The number of anilines is 1. The molecule has 2 rings (SSSR count). The SMILES string of the molecule is COc1ccc([N+](=O)[O-])cc1NC(=O)[C@H](C)OC(=O)CCOc1cccc(C)c1. The molecule has 0 saturated heterocycles. The van der Waals surface area contributed by atoms with Crippen LogP contribution in [0, 0.1) is 17.0 Å². The molecule has 0 aliphatic heterocycles. The summed E-state index contributed by atoms with van der Waals surface area (Å²) in [5.74, 6) is -0.363. The number of nitrogens with zero attached hydrogens (tertiary/aromatic N) is 1. The molecule has 29 heavy (non-hydrogen) atoms. The second-order valence-electron chi connectivity index (χ2n) is 6.18. The predicted octanol–water partition coefficient (Wildman–Crippen LogP) is 3.25. The number of ether oxygens (including phenoxy) is 3. The fourth-order valence-corrected chi connectivity index (χ4v) is 2.41. The van der Waals surface area contributed by atoms with Gasteiger partial charge in [-0.1, -0.05) is 12.1 Å². The molecule has 0 unspecified atom stereocenters. The molecule has 2 aromatic carbocycles. The van der Waals surface area contributed by atoms with E-state index in [0.29, 0.717) is 5.75 Å². The molecule has 0 heterocycles. The van der Waals surface area contributed by atoms with E-state index >= 15 is 0 Å². The molecule has 0 bridgehead atoms. The molecule has 1 amide bonds. The van der Waals surface area contributed by atoms with Gasteiger partial charge in [0.05, 0.1) is 30.7 Å². The number of carbonyl (C=O) groups is 2. The molecular formula is C20H22N2O7. The molecule has 0 aliphatic carbocycles. The number of esters is 1. The van der Waals surface area contributed by atoms with Crippen LogP contribution in [-0.2, 0) is 14.3 Å². The Morgan fingerprint density at radius 3 is 2.62 bits per heavy atom. The zero-order valence-corrected chi connectivity index (χ0v) is 16.3. The minimum Gasteiger partial charge on any atom is -0.495 e. The van der Waals surface area contributed by atoms with Crippen molar-refractivity contribution in [2.75, 3.05) is 19.0 Å². The van der Waals surface area contributed by atoms with E-state index in [1.165, 1.54) is 32.2 Å². The number of hydrogen-bond donors (Lipinski definition) is 1. The van der Waals surface area contributed by atoms with Gasteiger partial charge in [-0.05, 0) is 37.6 Å². The molecule has 0 fully saturated rings. The zero-order chi connectivity index (χ0) is 21.4. The number of carbonyl (C=O) groups excluding carboxylic acids is 2. The van der Waals surface area contributed by atoms with Gasteiger partial charge < -0.3 is 19.5 Å². The number of amides is 1. The molecule has 9 nitrogen and oxygen atoms in total. The number of hydrogen-bond acceptors (Lipinski definition) is 7. The Hall–Kier alpha value is -3.62. The summed E-state index contributed by atoms with van der Waals surface area (Å²) in [5, 5.41) is 13.4. The second-order valence-corrected chi connectivity index (χ2v) is 6.18. The van der Waals surface area contributed by atoms with Crippen LogP contribution in [0.4, 0.5) is 11.4 Å². The maximum Gasteiger partial charge on any atom is 0.310 e. The molecule has 1 N–H and O–H groups in total. The van der Waals surface area contributed by atoms with Crippen molar-refractivity contribution in [1.29, 1.82) is 0 Å². The highest BCUT2D eigenvalue weighted by molar-refractivity contribution is 5.96. The summed E-state index contributed by atoms with van der Waals surface area (Å²) in [6, 6.07) is 11.2. The maximum absolute atomic E-state index is 12.3. The van der Waals surface area contributed by atoms with E-state index in [4.69, 9.17) is 14.2 Å². The van der Waals surface area contributed by atoms with Crippen LogP contribution in [0.5, 0.6) is 11.5 Å². The Morgan fingerprint density at radius 2 is 1.97 bits per heavy atom. The molecule has 1 atom stereocenters. The summed E-state index contributed by atoms with van der Waals surface area (Å²) in [5.41, 5.74) is 0.934. The lowest BCUT2D eigenvalue weighted by atomic mass is 10.2. The van der Waals surface area contributed by atoms with Gasteiger partial charge in [0.15, 0.2) is 6.10 Å². The fraction of sp³-hybridized carbons (Fsp3) is 0.300. The quantitative estimate of drug-likeness (QED) is 0.389. The van der Waals surface area contributed by atoms with E-state index in [-0.39, 0.29) is 30.2 Å². The van der Waals surface area contributed by atoms with Crippen molar-refractivity contribution in [1.82, 2.24) is 0 Å². The summed E-state index contributed by atoms with van der Waals surface area (Å²) in [6.07, 6.45) is -1.14. The van der Waals surface area contributed by atoms with E-state index in [0.717, 1.165) is 5.56 Å². The van der Waals surface area contributed by atoms with Gasteiger partial charge in [-0.2, -0.15) is 0 Å². The van der Waals surface area contributed by atoms with E-state index in [9.17, 15) is 19.7 Å². The minimum atomic E-state index is -1.11. The van der Waals surface area contributed by atoms with Crippen LogP contribution in [0.1, 0.15) is 18.9 Å². The monoisotopic (exact) mass is 402 g/mol. The van der Waals surface area contributed by atoms with Crippen molar-refractivity contribution in [3.63, 3.8) is 0 Å². The summed E-state index contributed by atoms with van der Waals surface area (Å²) in [6.45, 7) is 3.44. The number of nitro benzene ring substituents is 1. The molecule has 0 aliphatic rings. The maximum atomic E-state index is 12.3. The topological polar surface area (TPSA) is 117 Å². The van der Waals surface area contributed by atoms with Gasteiger partial charge in [0.2, 0.25) is 0 Å². The number of aryl methyl sites for hydroxylation is 1. The molecule has 0 aromatic heterocycles. The standard InChI is InChI=1S/C20H22N2O7/c1-13-5-4-6-16(11-13)28-10-9-19(23)29-14(2)20(24)21-17-12-15(22(25)26)7-8-18(17)27-3/h4-8,11-12,14H,9-10H2,1-3H3,(H,21,24)/t14-/m0/s1. The first-order valence-electron chi connectivity index (χ1n) is 8.82. The average Bonchev–Trinajstić information content (AvgIpc) is 2.67. The highest BCUT2D eigenvalue weighted by Crippen LogP contribution is 2.29. The first-order chi connectivity index (χ1) is 13.8. The van der Waals surface area contributed by atoms with Crippen molar-refractivity contribution in [3.05, 3.63) is 58.1 Å². The molecule has 0 spiro atoms. The fourth-order valence-electron chi connectivity index (χ4n) is 2.41. The predicted molar refractivity (Wildman–Crippen MR) is 105 cm³/mol. The first kappa shape index (κ1) is 21.7. The van der Waals surface area contributed by atoms with Crippen LogP contribution in [0.2, 0.25) is 0 Å². The number of nitro groups is 1. The van der Waals surface area contributed by atoms with Gasteiger partial charge >= 0.3 is 5.97 Å². The summed E-state index contributed by atoms with van der Waals surface area (Å²) >= 11 is 0. The number of non-ortho nitro benzene ring substituents is 1. The van der Waals surface area contributed by atoms with Crippen LogP contribution < -0.4 is 14.8 Å². The third-order valence-electron chi connectivity index (χ3n) is 3.89. The van der Waals surface area contributed by atoms with Crippen LogP contribution in [0.15, 0.2) is 42.5 Å². The Balaban J connectivity index is 1.87. The Labute approximate surface area is 167 Å². The number of benzene rings is 2. The lowest BCUT2D eigenvalue weighted by Gasteiger charge is -2.15. The van der Waals surface area contributed by atoms with Gasteiger partial charge in [0.25, 0.3) is 11.6 Å². The average molecular weight is 402 g/mol. The van der Waals surface area contributed by atoms with Crippen molar-refractivity contribution < 1.29 is 28.7 Å². The zero-order valence-electron chi connectivity index (χ0n) is 16.3. The smallest absolute Gasteiger partial charge is 0.310 e.